The molecule has 1 N–H and O–H groups in total. The van der Waals surface area contributed by atoms with E-state index in [9.17, 15) is 4.79 Å². The van der Waals surface area contributed by atoms with Gasteiger partial charge in [-0.1, -0.05) is 0 Å². The summed E-state index contributed by atoms with van der Waals surface area (Å²) in [5.74, 6) is 0. The van der Waals surface area contributed by atoms with Crippen molar-refractivity contribution >= 4 is 6.03 Å². The van der Waals surface area contributed by atoms with E-state index in [1.807, 2.05) is 13.8 Å². The summed E-state index contributed by atoms with van der Waals surface area (Å²) in [5.41, 5.74) is 0. The van der Waals surface area contributed by atoms with Crippen LogP contribution >= 0.6 is 0 Å². The van der Waals surface area contributed by atoms with E-state index in [0.29, 0.717) is 19.6 Å². The van der Waals surface area contributed by atoms with Gasteiger partial charge in [-0.15, -0.1) is 0 Å². The molecule has 0 aromatic rings. The third-order valence-corrected chi connectivity index (χ3v) is 1.82. The summed E-state index contributed by atoms with van der Waals surface area (Å²) in [5, 5.41) is 8.66. The van der Waals surface area contributed by atoms with E-state index in [1.54, 1.807) is 16.8 Å². The molecule has 0 unspecified atom stereocenters. The van der Waals surface area contributed by atoms with E-state index in [0.717, 1.165) is 0 Å². The van der Waals surface area contributed by atoms with Crippen molar-refractivity contribution in [2.45, 2.75) is 13.8 Å². The second kappa shape index (κ2) is 5.83. The number of hydrogen-bond acceptors (Lipinski definition) is 2. The zero-order valence-electron chi connectivity index (χ0n) is 8.08. The van der Waals surface area contributed by atoms with E-state index in [1.165, 1.54) is 0 Å². The first-order valence-electron chi connectivity index (χ1n) is 4.28. The second-order valence-corrected chi connectivity index (χ2v) is 2.60. The van der Waals surface area contributed by atoms with Crippen LogP contribution in [-0.2, 0) is 0 Å². The van der Waals surface area contributed by atoms with E-state index in [2.05, 4.69) is 0 Å². The van der Waals surface area contributed by atoms with E-state index < -0.39 is 0 Å². The topological polar surface area (TPSA) is 43.8 Å². The van der Waals surface area contributed by atoms with Crippen LogP contribution in [0.2, 0.25) is 0 Å². The molecule has 0 saturated carbocycles. The molecule has 4 nitrogen and oxygen atoms in total. The van der Waals surface area contributed by atoms with Gasteiger partial charge in [0, 0.05) is 26.7 Å². The predicted molar refractivity (Wildman–Crippen MR) is 48.0 cm³/mol. The van der Waals surface area contributed by atoms with E-state index in [-0.39, 0.29) is 12.6 Å². The zero-order chi connectivity index (χ0) is 9.56. The number of rotatable bonds is 4. The van der Waals surface area contributed by atoms with Gasteiger partial charge in [0.25, 0.3) is 0 Å². The maximum Gasteiger partial charge on any atom is 0.319 e. The molecule has 0 bridgehead atoms. The molecule has 0 radical (unpaired) electrons. The Hall–Kier alpha value is -0.770. The van der Waals surface area contributed by atoms with Gasteiger partial charge in [0.2, 0.25) is 0 Å². The molecule has 0 aliphatic carbocycles. The van der Waals surface area contributed by atoms with Gasteiger partial charge >= 0.3 is 6.03 Å². The molecule has 0 aromatic heterocycles. The van der Waals surface area contributed by atoms with Crippen molar-refractivity contribution in [1.29, 1.82) is 0 Å². The van der Waals surface area contributed by atoms with Crippen LogP contribution in [0.5, 0.6) is 0 Å². The molecule has 2 amide bonds. The smallest absolute Gasteiger partial charge is 0.319 e. The average Bonchev–Trinajstić information content (AvgIpc) is 2.11. The first kappa shape index (κ1) is 11.2. The Morgan fingerprint density at radius 1 is 1.33 bits per heavy atom. The molecular formula is C8H18N2O2. The average molecular weight is 174 g/mol. The monoisotopic (exact) mass is 174 g/mol. The highest BCUT2D eigenvalue weighted by Crippen LogP contribution is 1.95. The van der Waals surface area contributed by atoms with Crippen LogP contribution < -0.4 is 0 Å². The van der Waals surface area contributed by atoms with Crippen molar-refractivity contribution in [1.82, 2.24) is 9.80 Å². The molecule has 0 saturated heterocycles. The number of likely N-dealkylation sites (N-methyl/N-ethyl adjacent to an activating group) is 1. The predicted octanol–water partition coefficient (Wildman–Crippen LogP) is 0.372. The molecular weight excluding hydrogens is 156 g/mol. The number of aliphatic hydroxyl groups is 1. The Morgan fingerprint density at radius 3 is 2.25 bits per heavy atom. The highest BCUT2D eigenvalue weighted by atomic mass is 16.3. The maximum absolute atomic E-state index is 11.4. The van der Waals surface area contributed by atoms with Crippen LogP contribution in [0.4, 0.5) is 4.79 Å². The number of carbonyl (C=O) groups is 1. The van der Waals surface area contributed by atoms with Crippen molar-refractivity contribution in [3.8, 4) is 0 Å². The Labute approximate surface area is 73.8 Å². The van der Waals surface area contributed by atoms with Crippen molar-refractivity contribution < 1.29 is 9.90 Å². The largest absolute Gasteiger partial charge is 0.395 e. The fraction of sp³-hybridized carbons (Fsp3) is 0.875. The van der Waals surface area contributed by atoms with Gasteiger partial charge in [0.15, 0.2) is 0 Å². The number of hydrogen-bond donors (Lipinski definition) is 1. The van der Waals surface area contributed by atoms with E-state index >= 15 is 0 Å². The van der Waals surface area contributed by atoms with Gasteiger partial charge in [-0.05, 0) is 13.8 Å². The summed E-state index contributed by atoms with van der Waals surface area (Å²) < 4.78 is 0. The number of nitrogens with zero attached hydrogens (tertiary/aromatic N) is 2. The number of carbonyl (C=O) groups excluding carboxylic acids is 1. The first-order chi connectivity index (χ1) is 5.67. The normalized spacial score (nSPS) is 9.67. The molecule has 4 heteroatoms. The van der Waals surface area contributed by atoms with Crippen molar-refractivity contribution in [2.24, 2.45) is 0 Å². The Bertz CT molecular complexity index is 139. The summed E-state index contributed by atoms with van der Waals surface area (Å²) in [6, 6.07) is -0.0194. The minimum atomic E-state index is -0.0194. The molecule has 72 valence electrons. The minimum Gasteiger partial charge on any atom is -0.395 e. The Kier molecular flexibility index (Phi) is 5.45. The lowest BCUT2D eigenvalue weighted by Gasteiger charge is -2.25. The third-order valence-electron chi connectivity index (χ3n) is 1.82. The molecule has 0 aromatic carbocycles. The second-order valence-electron chi connectivity index (χ2n) is 2.60. The van der Waals surface area contributed by atoms with Crippen LogP contribution in [-0.4, -0.2) is 54.2 Å². The van der Waals surface area contributed by atoms with Crippen LogP contribution in [0.15, 0.2) is 0 Å². The highest BCUT2D eigenvalue weighted by Gasteiger charge is 2.13. The number of urea groups is 1. The molecule has 0 aliphatic heterocycles. The molecule has 0 heterocycles. The fourth-order valence-electron chi connectivity index (χ4n) is 0.886. The summed E-state index contributed by atoms with van der Waals surface area (Å²) >= 11 is 0. The summed E-state index contributed by atoms with van der Waals surface area (Å²) in [4.78, 5) is 14.7. The van der Waals surface area contributed by atoms with Crippen LogP contribution in [0.1, 0.15) is 13.8 Å². The lowest BCUT2D eigenvalue weighted by Crippen LogP contribution is -2.42. The fourth-order valence-corrected chi connectivity index (χ4v) is 0.886. The Morgan fingerprint density at radius 2 is 1.92 bits per heavy atom. The SMILES string of the molecule is CCN(C)C(=O)N(CC)CCO. The maximum atomic E-state index is 11.4. The van der Waals surface area contributed by atoms with Gasteiger partial charge in [-0.25, -0.2) is 4.79 Å². The van der Waals surface area contributed by atoms with Gasteiger partial charge in [0.05, 0.1) is 6.61 Å². The molecule has 0 spiro atoms. The molecule has 0 atom stereocenters. The molecule has 0 aliphatic rings. The third kappa shape index (κ3) is 3.09. The van der Waals surface area contributed by atoms with Gasteiger partial charge in [-0.3, -0.25) is 0 Å². The van der Waals surface area contributed by atoms with Crippen molar-refractivity contribution in [3.05, 3.63) is 0 Å². The summed E-state index contributed by atoms with van der Waals surface area (Å²) in [6.07, 6.45) is 0. The number of aliphatic hydroxyl groups excluding tert-OH is 1. The summed E-state index contributed by atoms with van der Waals surface area (Å²) in [7, 11) is 1.75. The van der Waals surface area contributed by atoms with Crippen molar-refractivity contribution in [2.75, 3.05) is 33.3 Å². The lowest BCUT2D eigenvalue weighted by atomic mass is 10.5. The standard InChI is InChI=1S/C8H18N2O2/c1-4-9(3)8(12)10(5-2)6-7-11/h11H,4-7H2,1-3H3. The number of amides is 2. The van der Waals surface area contributed by atoms with Crippen LogP contribution in [0, 0.1) is 0 Å². The minimum absolute atomic E-state index is 0.0194. The molecule has 0 rings (SSSR count). The first-order valence-corrected chi connectivity index (χ1v) is 4.28. The van der Waals surface area contributed by atoms with Gasteiger partial charge in [-0.2, -0.15) is 0 Å². The lowest BCUT2D eigenvalue weighted by molar-refractivity contribution is 0.152. The Balaban J connectivity index is 4.01. The van der Waals surface area contributed by atoms with E-state index in [4.69, 9.17) is 5.11 Å². The van der Waals surface area contributed by atoms with Gasteiger partial charge in [0.1, 0.15) is 0 Å². The molecule has 0 fully saturated rings. The van der Waals surface area contributed by atoms with Crippen LogP contribution in [0.25, 0.3) is 0 Å². The quantitative estimate of drug-likeness (QED) is 0.669. The summed E-state index contributed by atoms with van der Waals surface area (Å²) in [6.45, 7) is 5.60. The zero-order valence-corrected chi connectivity index (χ0v) is 8.08. The molecule has 12 heavy (non-hydrogen) atoms. The van der Waals surface area contributed by atoms with Crippen LogP contribution in [0.3, 0.4) is 0 Å². The van der Waals surface area contributed by atoms with Gasteiger partial charge < -0.3 is 14.9 Å². The van der Waals surface area contributed by atoms with Crippen molar-refractivity contribution in [3.63, 3.8) is 0 Å². The highest BCUT2D eigenvalue weighted by molar-refractivity contribution is 5.74.